The number of hydrogen-bond donors (Lipinski definition) is 1. The smallest absolute Gasteiger partial charge is 0.256 e. The molecule has 0 bridgehead atoms. The monoisotopic (exact) mass is 357 g/mol. The molecule has 1 N–H and O–H groups in total. The standard InChI is InChI=1S/C17H9Cl2N3O2/c18-9-1-3-13-11(5-9)12(17(23)22-13)6-10-2-4-15(24-10)14-7-20-8-16(19)21-14/h1-8H,(H,22,23)/b12-6+. The highest BCUT2D eigenvalue weighted by atomic mass is 35.5. The van der Waals surface area contributed by atoms with E-state index in [1.807, 2.05) is 0 Å². The van der Waals surface area contributed by atoms with Crippen molar-refractivity contribution in [1.82, 2.24) is 9.97 Å². The largest absolute Gasteiger partial charge is 0.455 e. The molecule has 0 spiro atoms. The summed E-state index contributed by atoms with van der Waals surface area (Å²) in [5.41, 5.74) is 2.48. The molecule has 0 unspecified atom stereocenters. The molecule has 0 saturated carbocycles. The van der Waals surface area contributed by atoms with Crippen LogP contribution >= 0.6 is 23.2 Å². The van der Waals surface area contributed by atoms with Gasteiger partial charge < -0.3 is 9.73 Å². The molecule has 24 heavy (non-hydrogen) atoms. The maximum atomic E-state index is 12.2. The molecule has 0 atom stereocenters. The third-order valence-corrected chi connectivity index (χ3v) is 3.95. The summed E-state index contributed by atoms with van der Waals surface area (Å²) in [6.07, 6.45) is 4.67. The van der Waals surface area contributed by atoms with Crippen molar-refractivity contribution >= 4 is 46.4 Å². The number of halogens is 2. The topological polar surface area (TPSA) is 68.0 Å². The van der Waals surface area contributed by atoms with Gasteiger partial charge in [0.25, 0.3) is 5.91 Å². The molecule has 2 aromatic heterocycles. The zero-order valence-electron chi connectivity index (χ0n) is 12.1. The summed E-state index contributed by atoms with van der Waals surface area (Å²) in [5.74, 6) is 0.832. The van der Waals surface area contributed by atoms with Crippen molar-refractivity contribution in [2.45, 2.75) is 0 Å². The highest BCUT2D eigenvalue weighted by Crippen LogP contribution is 2.35. The average Bonchev–Trinajstić information content (AvgIpc) is 3.14. The molecule has 5 nitrogen and oxygen atoms in total. The maximum absolute atomic E-state index is 12.2. The average molecular weight is 358 g/mol. The molecule has 3 heterocycles. The lowest BCUT2D eigenvalue weighted by atomic mass is 10.1. The number of hydrogen-bond acceptors (Lipinski definition) is 4. The quantitative estimate of drug-likeness (QED) is 0.683. The summed E-state index contributed by atoms with van der Waals surface area (Å²) in [6, 6.07) is 8.74. The van der Waals surface area contributed by atoms with Gasteiger partial charge in [-0.2, -0.15) is 0 Å². The lowest BCUT2D eigenvalue weighted by molar-refractivity contribution is -0.110. The fraction of sp³-hybridized carbons (Fsp3) is 0. The van der Waals surface area contributed by atoms with Gasteiger partial charge in [-0.25, -0.2) is 4.98 Å². The van der Waals surface area contributed by atoms with Gasteiger partial charge in [0.1, 0.15) is 16.6 Å². The zero-order valence-corrected chi connectivity index (χ0v) is 13.6. The number of carbonyl (C=O) groups is 1. The predicted molar refractivity (Wildman–Crippen MR) is 92.7 cm³/mol. The Morgan fingerprint density at radius 3 is 2.83 bits per heavy atom. The normalized spacial score (nSPS) is 14.8. The van der Waals surface area contributed by atoms with Crippen molar-refractivity contribution < 1.29 is 9.21 Å². The Kier molecular flexibility index (Phi) is 3.59. The third-order valence-electron chi connectivity index (χ3n) is 3.54. The summed E-state index contributed by atoms with van der Waals surface area (Å²) in [6.45, 7) is 0. The number of amides is 1. The lowest BCUT2D eigenvalue weighted by Gasteiger charge is -1.98. The minimum absolute atomic E-state index is 0.201. The van der Waals surface area contributed by atoms with E-state index in [1.165, 1.54) is 6.20 Å². The predicted octanol–water partition coefficient (Wildman–Crippen LogP) is 4.54. The van der Waals surface area contributed by atoms with Gasteiger partial charge in [0.15, 0.2) is 5.76 Å². The molecule has 1 aromatic carbocycles. The summed E-state index contributed by atoms with van der Waals surface area (Å²) in [5, 5.41) is 3.63. The first kappa shape index (κ1) is 14.9. The second-order valence-corrected chi connectivity index (χ2v) is 5.95. The van der Waals surface area contributed by atoms with Crippen LogP contribution in [0.25, 0.3) is 23.1 Å². The van der Waals surface area contributed by atoms with Gasteiger partial charge in [-0.05, 0) is 36.4 Å². The molecule has 1 aliphatic rings. The fourth-order valence-electron chi connectivity index (χ4n) is 2.47. The summed E-state index contributed by atoms with van der Waals surface area (Å²) in [7, 11) is 0. The van der Waals surface area contributed by atoms with E-state index in [-0.39, 0.29) is 11.1 Å². The number of furan rings is 1. The van der Waals surface area contributed by atoms with Crippen LogP contribution in [0, 0.1) is 0 Å². The van der Waals surface area contributed by atoms with Gasteiger partial charge in [-0.3, -0.25) is 9.78 Å². The fourth-order valence-corrected chi connectivity index (χ4v) is 2.79. The van der Waals surface area contributed by atoms with E-state index in [1.54, 1.807) is 42.6 Å². The van der Waals surface area contributed by atoms with E-state index >= 15 is 0 Å². The van der Waals surface area contributed by atoms with Crippen LogP contribution in [-0.4, -0.2) is 15.9 Å². The van der Waals surface area contributed by atoms with E-state index in [0.717, 1.165) is 11.3 Å². The van der Waals surface area contributed by atoms with Crippen LogP contribution in [0.15, 0.2) is 47.1 Å². The molecule has 7 heteroatoms. The van der Waals surface area contributed by atoms with Crippen LogP contribution in [0.1, 0.15) is 11.3 Å². The minimum atomic E-state index is -0.201. The number of nitrogens with zero attached hydrogens (tertiary/aromatic N) is 2. The molecule has 0 radical (unpaired) electrons. The Morgan fingerprint density at radius 2 is 2.00 bits per heavy atom. The van der Waals surface area contributed by atoms with Crippen LogP contribution in [0.4, 0.5) is 5.69 Å². The highest BCUT2D eigenvalue weighted by molar-refractivity contribution is 6.36. The first-order chi connectivity index (χ1) is 11.6. The Morgan fingerprint density at radius 1 is 1.12 bits per heavy atom. The molecule has 0 fully saturated rings. The SMILES string of the molecule is O=C1Nc2ccc(Cl)cc2/C1=C\c1ccc(-c2cncc(Cl)n2)o1. The Bertz CT molecular complexity index is 995. The highest BCUT2D eigenvalue weighted by Gasteiger charge is 2.24. The molecule has 0 saturated heterocycles. The number of anilines is 1. The number of fused-ring (bicyclic) bond motifs is 1. The maximum Gasteiger partial charge on any atom is 0.256 e. The first-order valence-corrected chi connectivity index (χ1v) is 7.76. The number of nitrogens with one attached hydrogen (secondary N) is 1. The summed E-state index contributed by atoms with van der Waals surface area (Å²) in [4.78, 5) is 20.3. The van der Waals surface area contributed by atoms with E-state index in [2.05, 4.69) is 15.3 Å². The number of carbonyl (C=O) groups excluding carboxylic acids is 1. The van der Waals surface area contributed by atoms with Crippen molar-refractivity contribution in [3.63, 3.8) is 0 Å². The molecular weight excluding hydrogens is 349 g/mol. The number of benzene rings is 1. The van der Waals surface area contributed by atoms with Gasteiger partial charge in [0, 0.05) is 16.3 Å². The van der Waals surface area contributed by atoms with Crippen LogP contribution in [0.3, 0.4) is 0 Å². The molecule has 1 aliphatic heterocycles. The minimum Gasteiger partial charge on any atom is -0.455 e. The van der Waals surface area contributed by atoms with Gasteiger partial charge in [0.05, 0.1) is 18.0 Å². The van der Waals surface area contributed by atoms with Gasteiger partial charge in [0.2, 0.25) is 0 Å². The van der Waals surface area contributed by atoms with Crippen molar-refractivity contribution in [1.29, 1.82) is 0 Å². The van der Waals surface area contributed by atoms with E-state index in [4.69, 9.17) is 27.6 Å². The summed E-state index contributed by atoms with van der Waals surface area (Å²) >= 11 is 11.9. The van der Waals surface area contributed by atoms with Crippen molar-refractivity contribution in [2.24, 2.45) is 0 Å². The van der Waals surface area contributed by atoms with Crippen LogP contribution in [0.5, 0.6) is 0 Å². The zero-order chi connectivity index (χ0) is 16.7. The Balaban J connectivity index is 1.73. The van der Waals surface area contributed by atoms with E-state index in [9.17, 15) is 4.79 Å². The van der Waals surface area contributed by atoms with Gasteiger partial charge >= 0.3 is 0 Å². The van der Waals surface area contributed by atoms with Crippen LogP contribution < -0.4 is 5.32 Å². The second-order valence-electron chi connectivity index (χ2n) is 5.13. The molecule has 0 aliphatic carbocycles. The van der Waals surface area contributed by atoms with Crippen LogP contribution in [0.2, 0.25) is 10.2 Å². The van der Waals surface area contributed by atoms with Crippen molar-refractivity contribution in [3.8, 4) is 11.5 Å². The molecule has 1 amide bonds. The van der Waals surface area contributed by atoms with Crippen LogP contribution in [-0.2, 0) is 4.79 Å². The number of aromatic nitrogens is 2. The van der Waals surface area contributed by atoms with Gasteiger partial charge in [-0.1, -0.05) is 23.2 Å². The Hall–Kier alpha value is -2.63. The molecule has 3 aromatic rings. The second kappa shape index (κ2) is 5.78. The Labute approximate surface area is 146 Å². The van der Waals surface area contributed by atoms with E-state index in [0.29, 0.717) is 27.8 Å². The van der Waals surface area contributed by atoms with Gasteiger partial charge in [-0.15, -0.1) is 0 Å². The van der Waals surface area contributed by atoms with E-state index < -0.39 is 0 Å². The molecule has 4 rings (SSSR count). The lowest BCUT2D eigenvalue weighted by Crippen LogP contribution is -2.03. The third kappa shape index (κ3) is 2.68. The van der Waals surface area contributed by atoms with Crippen molar-refractivity contribution in [3.05, 3.63) is 64.2 Å². The van der Waals surface area contributed by atoms with Crippen molar-refractivity contribution in [2.75, 3.05) is 5.32 Å². The summed E-state index contributed by atoms with van der Waals surface area (Å²) < 4.78 is 5.73. The first-order valence-electron chi connectivity index (χ1n) is 7.01. The molecular formula is C17H9Cl2N3O2. The molecule has 118 valence electrons. The number of rotatable bonds is 2.